The number of hydrogen-bond acceptors (Lipinski definition) is 1. The lowest BCUT2D eigenvalue weighted by Crippen LogP contribution is -2.57. The van der Waals surface area contributed by atoms with Gasteiger partial charge in [-0.3, -0.25) is 0 Å². The summed E-state index contributed by atoms with van der Waals surface area (Å²) in [5.41, 5.74) is 2.70. The lowest BCUT2D eigenvalue weighted by molar-refractivity contribution is -0.0489. The summed E-state index contributed by atoms with van der Waals surface area (Å²) in [6.07, 6.45) is 7.22. The number of nitrogens with one attached hydrogen (secondary N) is 1. The van der Waals surface area contributed by atoms with Crippen molar-refractivity contribution in [3.8, 4) is 0 Å². The zero-order chi connectivity index (χ0) is 12.6. The molecule has 0 amide bonds. The van der Waals surface area contributed by atoms with E-state index < -0.39 is 0 Å². The first kappa shape index (κ1) is 12.2. The Labute approximate surface area is 111 Å². The summed E-state index contributed by atoms with van der Waals surface area (Å²) in [6.45, 7) is 5.64. The third kappa shape index (κ3) is 1.99. The predicted molar refractivity (Wildman–Crippen MR) is 76.8 cm³/mol. The average Bonchev–Trinajstić information content (AvgIpc) is 2.27. The van der Waals surface area contributed by atoms with Gasteiger partial charge in [-0.1, -0.05) is 50.6 Å². The van der Waals surface area contributed by atoms with Crippen LogP contribution in [0.1, 0.15) is 51.5 Å². The van der Waals surface area contributed by atoms with Crippen LogP contribution in [0, 0.1) is 5.41 Å². The molecule has 0 atom stereocenters. The molecule has 0 unspecified atom stereocenters. The van der Waals surface area contributed by atoms with E-state index in [1.54, 1.807) is 5.56 Å². The molecule has 1 aromatic carbocycles. The lowest BCUT2D eigenvalue weighted by atomic mass is 9.43. The molecule has 2 saturated carbocycles. The summed E-state index contributed by atoms with van der Waals surface area (Å²) in [7, 11) is 0. The minimum atomic E-state index is 0.423. The van der Waals surface area contributed by atoms with Gasteiger partial charge >= 0.3 is 0 Å². The highest BCUT2D eigenvalue weighted by atomic mass is 14.9. The highest BCUT2D eigenvalue weighted by Gasteiger charge is 2.57. The van der Waals surface area contributed by atoms with Gasteiger partial charge in [0.05, 0.1) is 0 Å². The molecule has 1 N–H and O–H groups in total. The molecule has 0 bridgehead atoms. The molecule has 2 aliphatic rings. The highest BCUT2D eigenvalue weighted by Crippen LogP contribution is 2.64. The largest absolute Gasteiger partial charge is 0.314 e. The van der Waals surface area contributed by atoms with Gasteiger partial charge in [-0.15, -0.1) is 0 Å². The van der Waals surface area contributed by atoms with Crippen LogP contribution in [0.25, 0.3) is 0 Å². The van der Waals surface area contributed by atoms with Crippen LogP contribution in [0.2, 0.25) is 0 Å². The zero-order valence-electron chi connectivity index (χ0n) is 11.7. The molecule has 2 aliphatic carbocycles. The fraction of sp³-hybridized carbons (Fsp3) is 0.647. The molecular formula is C17H25N. The normalized spacial score (nSPS) is 23.7. The van der Waals surface area contributed by atoms with Crippen molar-refractivity contribution in [2.45, 2.75) is 57.4 Å². The Morgan fingerprint density at radius 2 is 1.78 bits per heavy atom. The van der Waals surface area contributed by atoms with Crippen LogP contribution in [0.15, 0.2) is 30.3 Å². The fourth-order valence-corrected chi connectivity index (χ4v) is 4.04. The van der Waals surface area contributed by atoms with Crippen molar-refractivity contribution >= 4 is 0 Å². The third-order valence-electron chi connectivity index (χ3n) is 5.08. The van der Waals surface area contributed by atoms with Crippen LogP contribution in [0.4, 0.5) is 0 Å². The standard InChI is InChI=1S/C17H25N/c1-14(2)18-13-17(15-7-4-3-5-8-15)11-16(12-17)9-6-10-16/h3-5,7-8,14,18H,6,9-13H2,1-2H3. The maximum absolute atomic E-state index is 3.67. The second-order valence-corrected chi connectivity index (χ2v) is 6.89. The van der Waals surface area contributed by atoms with E-state index in [0.717, 1.165) is 12.0 Å². The maximum Gasteiger partial charge on any atom is 0.00884 e. The van der Waals surface area contributed by atoms with E-state index in [1.165, 1.54) is 32.1 Å². The van der Waals surface area contributed by atoms with Crippen LogP contribution in [0.5, 0.6) is 0 Å². The Bertz CT molecular complexity index is 395. The van der Waals surface area contributed by atoms with Crippen LogP contribution in [0.3, 0.4) is 0 Å². The molecule has 1 aromatic rings. The van der Waals surface area contributed by atoms with E-state index in [0.29, 0.717) is 11.5 Å². The van der Waals surface area contributed by atoms with E-state index in [1.807, 2.05) is 0 Å². The minimum Gasteiger partial charge on any atom is -0.314 e. The lowest BCUT2D eigenvalue weighted by Gasteiger charge is -2.62. The molecule has 1 heteroatoms. The molecule has 18 heavy (non-hydrogen) atoms. The van der Waals surface area contributed by atoms with E-state index in [2.05, 4.69) is 49.5 Å². The first-order chi connectivity index (χ1) is 8.64. The second-order valence-electron chi connectivity index (χ2n) is 6.89. The summed E-state index contributed by atoms with van der Waals surface area (Å²) in [4.78, 5) is 0. The van der Waals surface area contributed by atoms with Gasteiger partial charge in [0.15, 0.2) is 0 Å². The second kappa shape index (κ2) is 4.38. The van der Waals surface area contributed by atoms with Gasteiger partial charge in [-0.25, -0.2) is 0 Å². The van der Waals surface area contributed by atoms with Crippen LogP contribution >= 0.6 is 0 Å². The van der Waals surface area contributed by atoms with Gasteiger partial charge in [0.25, 0.3) is 0 Å². The molecule has 1 spiro atoms. The third-order valence-corrected chi connectivity index (χ3v) is 5.08. The van der Waals surface area contributed by atoms with E-state index in [4.69, 9.17) is 0 Å². The van der Waals surface area contributed by atoms with Gasteiger partial charge in [0.1, 0.15) is 0 Å². The molecule has 0 saturated heterocycles. The molecule has 2 fully saturated rings. The summed E-state index contributed by atoms with van der Waals surface area (Å²) in [5.74, 6) is 0. The van der Waals surface area contributed by atoms with Crippen molar-refractivity contribution in [3.05, 3.63) is 35.9 Å². The van der Waals surface area contributed by atoms with Crippen LogP contribution in [-0.4, -0.2) is 12.6 Å². The smallest absolute Gasteiger partial charge is 0.00884 e. The van der Waals surface area contributed by atoms with Crippen molar-refractivity contribution in [2.24, 2.45) is 5.41 Å². The molecule has 0 aromatic heterocycles. The van der Waals surface area contributed by atoms with Crippen molar-refractivity contribution < 1.29 is 0 Å². The highest BCUT2D eigenvalue weighted by molar-refractivity contribution is 5.32. The Kier molecular flexibility index (Phi) is 2.97. The van der Waals surface area contributed by atoms with E-state index >= 15 is 0 Å². The monoisotopic (exact) mass is 243 g/mol. The Morgan fingerprint density at radius 3 is 2.28 bits per heavy atom. The Hall–Kier alpha value is -0.820. The van der Waals surface area contributed by atoms with Crippen molar-refractivity contribution in [1.82, 2.24) is 5.32 Å². The molecule has 3 rings (SSSR count). The number of hydrogen-bond donors (Lipinski definition) is 1. The first-order valence-corrected chi connectivity index (χ1v) is 7.43. The summed E-state index contributed by atoms with van der Waals surface area (Å²) in [6, 6.07) is 11.8. The molecule has 0 aliphatic heterocycles. The maximum atomic E-state index is 3.67. The van der Waals surface area contributed by atoms with Crippen LogP contribution < -0.4 is 5.32 Å². The molecule has 98 valence electrons. The molecular weight excluding hydrogens is 218 g/mol. The van der Waals surface area contributed by atoms with E-state index in [9.17, 15) is 0 Å². The summed E-state index contributed by atoms with van der Waals surface area (Å²) in [5, 5.41) is 3.67. The number of rotatable bonds is 4. The first-order valence-electron chi connectivity index (χ1n) is 7.43. The molecule has 1 nitrogen and oxygen atoms in total. The Morgan fingerprint density at radius 1 is 1.11 bits per heavy atom. The van der Waals surface area contributed by atoms with Gasteiger partial charge in [-0.2, -0.15) is 0 Å². The minimum absolute atomic E-state index is 0.423. The molecule has 0 heterocycles. The van der Waals surface area contributed by atoms with Gasteiger partial charge in [0, 0.05) is 18.0 Å². The molecule has 0 radical (unpaired) electrons. The zero-order valence-corrected chi connectivity index (χ0v) is 11.7. The average molecular weight is 243 g/mol. The number of benzene rings is 1. The van der Waals surface area contributed by atoms with Crippen molar-refractivity contribution in [1.29, 1.82) is 0 Å². The quantitative estimate of drug-likeness (QED) is 0.846. The summed E-state index contributed by atoms with van der Waals surface area (Å²) >= 11 is 0. The van der Waals surface area contributed by atoms with Gasteiger partial charge in [0.2, 0.25) is 0 Å². The van der Waals surface area contributed by atoms with E-state index in [-0.39, 0.29) is 0 Å². The van der Waals surface area contributed by atoms with Crippen molar-refractivity contribution in [2.75, 3.05) is 6.54 Å². The van der Waals surface area contributed by atoms with Gasteiger partial charge < -0.3 is 5.32 Å². The topological polar surface area (TPSA) is 12.0 Å². The van der Waals surface area contributed by atoms with Crippen LogP contribution in [-0.2, 0) is 5.41 Å². The predicted octanol–water partition coefficient (Wildman–Crippen LogP) is 3.89. The fourth-order valence-electron chi connectivity index (χ4n) is 4.04. The van der Waals surface area contributed by atoms with Gasteiger partial charge in [-0.05, 0) is 36.7 Å². The SMILES string of the molecule is CC(C)NCC1(c2ccccc2)CC2(CCC2)C1. The summed E-state index contributed by atoms with van der Waals surface area (Å²) < 4.78 is 0. The Balaban J connectivity index is 1.77. The van der Waals surface area contributed by atoms with Crippen molar-refractivity contribution in [3.63, 3.8) is 0 Å².